The Kier molecular flexibility index (Phi) is 5.26. The van der Waals surface area contributed by atoms with Crippen LogP contribution in [0.25, 0.3) is 0 Å². The zero-order valence-electron chi connectivity index (χ0n) is 11.1. The van der Waals surface area contributed by atoms with Crippen molar-refractivity contribution in [3.8, 4) is 0 Å². The molecule has 16 heavy (non-hydrogen) atoms. The molecule has 1 N–H and O–H groups in total. The Morgan fingerprint density at radius 2 is 2.12 bits per heavy atom. The van der Waals surface area contributed by atoms with Gasteiger partial charge in [0.1, 0.15) is 0 Å². The number of rotatable bonds is 4. The Labute approximate surface area is 99.6 Å². The summed E-state index contributed by atoms with van der Waals surface area (Å²) in [7, 11) is 1.98. The van der Waals surface area contributed by atoms with Gasteiger partial charge in [0, 0.05) is 25.6 Å². The molecule has 0 aromatic carbocycles. The highest BCUT2D eigenvalue weighted by Gasteiger charge is 2.23. The van der Waals surface area contributed by atoms with Crippen LogP contribution < -0.4 is 5.32 Å². The molecule has 0 spiro atoms. The van der Waals surface area contributed by atoms with Gasteiger partial charge in [-0.1, -0.05) is 20.8 Å². The Bertz CT molecular complexity index is 228. The van der Waals surface area contributed by atoms with Gasteiger partial charge in [0.25, 0.3) is 0 Å². The molecule has 1 heterocycles. The molecule has 0 aliphatic carbocycles. The van der Waals surface area contributed by atoms with E-state index in [-0.39, 0.29) is 0 Å². The minimum atomic E-state index is 0.338. The fourth-order valence-corrected chi connectivity index (χ4v) is 2.24. The first kappa shape index (κ1) is 13.5. The zero-order valence-corrected chi connectivity index (χ0v) is 11.1. The quantitative estimate of drug-likeness (QED) is 0.794. The molecule has 1 saturated heterocycles. The van der Waals surface area contributed by atoms with Gasteiger partial charge in [0.2, 0.25) is 5.91 Å². The first-order valence-corrected chi connectivity index (χ1v) is 6.49. The molecule has 0 aromatic heterocycles. The lowest BCUT2D eigenvalue weighted by atomic mass is 10.0. The van der Waals surface area contributed by atoms with E-state index in [4.69, 9.17) is 0 Å². The monoisotopic (exact) mass is 226 g/mol. The van der Waals surface area contributed by atoms with Crippen molar-refractivity contribution in [2.75, 3.05) is 20.1 Å². The van der Waals surface area contributed by atoms with Crippen molar-refractivity contribution in [2.45, 2.75) is 46.1 Å². The molecule has 1 fully saturated rings. The predicted octanol–water partition coefficient (Wildman–Crippen LogP) is 1.88. The number of hydrogen-bond donors (Lipinski definition) is 1. The van der Waals surface area contributed by atoms with E-state index in [0.29, 0.717) is 23.8 Å². The Morgan fingerprint density at radius 3 is 2.69 bits per heavy atom. The van der Waals surface area contributed by atoms with Gasteiger partial charge in [-0.2, -0.15) is 0 Å². The third-order valence-electron chi connectivity index (χ3n) is 3.69. The molecule has 0 aromatic rings. The van der Waals surface area contributed by atoms with Crippen molar-refractivity contribution in [2.24, 2.45) is 11.8 Å². The number of likely N-dealkylation sites (tertiary alicyclic amines) is 1. The van der Waals surface area contributed by atoms with Gasteiger partial charge in [-0.25, -0.2) is 0 Å². The Balaban J connectivity index is 2.53. The molecule has 0 radical (unpaired) electrons. The largest absolute Gasteiger partial charge is 0.341 e. The van der Waals surface area contributed by atoms with Crippen molar-refractivity contribution in [1.82, 2.24) is 10.2 Å². The fourth-order valence-electron chi connectivity index (χ4n) is 2.24. The predicted molar refractivity (Wildman–Crippen MR) is 67.3 cm³/mol. The first-order chi connectivity index (χ1) is 7.54. The summed E-state index contributed by atoms with van der Waals surface area (Å²) < 4.78 is 0. The van der Waals surface area contributed by atoms with E-state index in [1.807, 2.05) is 11.9 Å². The van der Waals surface area contributed by atoms with Crippen LogP contribution in [0.1, 0.15) is 40.0 Å². The average molecular weight is 226 g/mol. The van der Waals surface area contributed by atoms with Crippen LogP contribution in [0.5, 0.6) is 0 Å². The number of hydrogen-bond acceptors (Lipinski definition) is 2. The van der Waals surface area contributed by atoms with E-state index in [9.17, 15) is 4.79 Å². The maximum Gasteiger partial charge on any atom is 0.222 e. The van der Waals surface area contributed by atoms with Gasteiger partial charge in [-0.05, 0) is 31.7 Å². The van der Waals surface area contributed by atoms with Gasteiger partial charge in [0.05, 0.1) is 0 Å². The molecule has 0 saturated carbocycles. The summed E-state index contributed by atoms with van der Waals surface area (Å²) in [5.74, 6) is 1.60. The lowest BCUT2D eigenvalue weighted by Gasteiger charge is -2.28. The normalized spacial score (nSPS) is 24.7. The van der Waals surface area contributed by atoms with Crippen LogP contribution in [-0.4, -0.2) is 37.0 Å². The summed E-state index contributed by atoms with van der Waals surface area (Å²) in [5.41, 5.74) is 0. The molecule has 3 heteroatoms. The maximum atomic E-state index is 11.9. The first-order valence-electron chi connectivity index (χ1n) is 6.49. The van der Waals surface area contributed by atoms with Crippen LogP contribution in [0.2, 0.25) is 0 Å². The van der Waals surface area contributed by atoms with Crippen molar-refractivity contribution in [3.63, 3.8) is 0 Å². The number of nitrogens with zero attached hydrogens (tertiary/aromatic N) is 1. The molecule has 2 unspecified atom stereocenters. The molecule has 2 atom stereocenters. The molecule has 94 valence electrons. The third-order valence-corrected chi connectivity index (χ3v) is 3.69. The molecule has 1 aliphatic rings. The number of likely N-dealkylation sites (N-methyl/N-ethyl adjacent to an activating group) is 1. The number of carbonyl (C=O) groups is 1. The summed E-state index contributed by atoms with van der Waals surface area (Å²) in [6.07, 6.45) is 2.94. The highest BCUT2D eigenvalue weighted by Crippen LogP contribution is 2.18. The van der Waals surface area contributed by atoms with E-state index in [0.717, 1.165) is 32.4 Å². The average Bonchev–Trinajstić information content (AvgIpc) is 2.39. The molecule has 0 bridgehead atoms. The Hall–Kier alpha value is -0.570. The molecule has 3 nitrogen and oxygen atoms in total. The fraction of sp³-hybridized carbons (Fsp3) is 0.923. The Morgan fingerprint density at radius 1 is 1.44 bits per heavy atom. The van der Waals surface area contributed by atoms with Crippen molar-refractivity contribution < 1.29 is 4.79 Å². The second kappa shape index (κ2) is 6.24. The SMILES string of the molecule is CNC(CN1CCC(C)CCC1=O)C(C)C. The summed E-state index contributed by atoms with van der Waals surface area (Å²) in [6, 6.07) is 0.414. The molecular weight excluding hydrogens is 200 g/mol. The topological polar surface area (TPSA) is 32.3 Å². The van der Waals surface area contributed by atoms with Crippen LogP contribution in [0.4, 0.5) is 0 Å². The second-order valence-corrected chi connectivity index (χ2v) is 5.41. The maximum absolute atomic E-state index is 11.9. The van der Waals surface area contributed by atoms with Crippen LogP contribution in [0.15, 0.2) is 0 Å². The van der Waals surface area contributed by atoms with Crippen LogP contribution >= 0.6 is 0 Å². The number of carbonyl (C=O) groups excluding carboxylic acids is 1. The third kappa shape index (κ3) is 3.78. The van der Waals surface area contributed by atoms with Crippen LogP contribution in [-0.2, 0) is 4.79 Å². The number of nitrogens with one attached hydrogen (secondary N) is 1. The van der Waals surface area contributed by atoms with Gasteiger partial charge in [0.15, 0.2) is 0 Å². The van der Waals surface area contributed by atoms with Crippen LogP contribution in [0.3, 0.4) is 0 Å². The van der Waals surface area contributed by atoms with E-state index >= 15 is 0 Å². The standard InChI is InChI=1S/C13H26N2O/c1-10(2)12(14-4)9-15-8-7-11(3)5-6-13(15)16/h10-12,14H,5-9H2,1-4H3. The van der Waals surface area contributed by atoms with E-state index in [1.54, 1.807) is 0 Å². The minimum absolute atomic E-state index is 0.338. The summed E-state index contributed by atoms with van der Waals surface area (Å²) in [4.78, 5) is 14.0. The lowest BCUT2D eigenvalue weighted by Crippen LogP contribution is -2.45. The highest BCUT2D eigenvalue weighted by atomic mass is 16.2. The zero-order chi connectivity index (χ0) is 12.1. The summed E-state index contributed by atoms with van der Waals surface area (Å²) >= 11 is 0. The van der Waals surface area contributed by atoms with Gasteiger partial charge in [-0.3, -0.25) is 4.79 Å². The number of amides is 1. The molecule has 1 aliphatic heterocycles. The second-order valence-electron chi connectivity index (χ2n) is 5.41. The smallest absolute Gasteiger partial charge is 0.222 e. The van der Waals surface area contributed by atoms with Crippen molar-refractivity contribution in [1.29, 1.82) is 0 Å². The van der Waals surface area contributed by atoms with E-state index in [1.165, 1.54) is 0 Å². The molecular formula is C13H26N2O. The van der Waals surface area contributed by atoms with E-state index in [2.05, 4.69) is 26.1 Å². The van der Waals surface area contributed by atoms with Gasteiger partial charge >= 0.3 is 0 Å². The van der Waals surface area contributed by atoms with Crippen LogP contribution in [0, 0.1) is 11.8 Å². The molecule has 1 amide bonds. The van der Waals surface area contributed by atoms with Gasteiger partial charge < -0.3 is 10.2 Å². The lowest BCUT2D eigenvalue weighted by molar-refractivity contribution is -0.131. The van der Waals surface area contributed by atoms with E-state index < -0.39 is 0 Å². The van der Waals surface area contributed by atoms with Crippen molar-refractivity contribution in [3.05, 3.63) is 0 Å². The summed E-state index contributed by atoms with van der Waals surface area (Å²) in [5, 5.41) is 3.31. The summed E-state index contributed by atoms with van der Waals surface area (Å²) in [6.45, 7) is 8.44. The van der Waals surface area contributed by atoms with Crippen molar-refractivity contribution >= 4 is 5.91 Å². The van der Waals surface area contributed by atoms with Gasteiger partial charge in [-0.15, -0.1) is 0 Å². The molecule has 1 rings (SSSR count). The minimum Gasteiger partial charge on any atom is -0.341 e. The highest BCUT2D eigenvalue weighted by molar-refractivity contribution is 5.76.